The van der Waals surface area contributed by atoms with E-state index in [1.807, 2.05) is 32.0 Å². The van der Waals surface area contributed by atoms with Crippen molar-refractivity contribution in [2.45, 2.75) is 13.8 Å². The number of aromatic nitrogens is 1. The van der Waals surface area contributed by atoms with Crippen LogP contribution in [0.25, 0.3) is 11.6 Å². The number of nitrogens with zero attached hydrogens (tertiary/aromatic N) is 1. The summed E-state index contributed by atoms with van der Waals surface area (Å²) in [5.41, 5.74) is 1.87. The average molecular weight is 259 g/mol. The minimum Gasteiger partial charge on any atom is -0.478 e. The Morgan fingerprint density at radius 2 is 1.94 bits per heavy atom. The highest BCUT2D eigenvalue weighted by molar-refractivity contribution is 7.12. The number of benzene rings is 1. The Morgan fingerprint density at radius 3 is 2.44 bits per heavy atom. The third-order valence-electron chi connectivity index (χ3n) is 2.53. The molecule has 2 aromatic rings. The Hall–Kier alpha value is -1.94. The van der Waals surface area contributed by atoms with Crippen LogP contribution in [0, 0.1) is 13.8 Å². The van der Waals surface area contributed by atoms with Crippen molar-refractivity contribution < 1.29 is 9.90 Å². The molecule has 0 aliphatic carbocycles. The minimum atomic E-state index is -0.924. The summed E-state index contributed by atoms with van der Waals surface area (Å²) in [4.78, 5) is 16.5. The Balaban J connectivity index is 2.49. The van der Waals surface area contributed by atoms with Gasteiger partial charge in [-0.25, -0.2) is 9.78 Å². The van der Waals surface area contributed by atoms with Gasteiger partial charge in [0.05, 0.1) is 21.2 Å². The van der Waals surface area contributed by atoms with Gasteiger partial charge in [-0.1, -0.05) is 30.3 Å². The molecule has 0 saturated heterocycles. The monoisotopic (exact) mass is 259 g/mol. The van der Waals surface area contributed by atoms with Crippen LogP contribution in [0.1, 0.15) is 21.1 Å². The number of carboxylic acids is 1. The molecule has 4 heteroatoms. The van der Waals surface area contributed by atoms with E-state index in [0.29, 0.717) is 11.1 Å². The van der Waals surface area contributed by atoms with E-state index in [9.17, 15) is 9.90 Å². The molecule has 0 amide bonds. The van der Waals surface area contributed by atoms with Gasteiger partial charge >= 0.3 is 5.97 Å². The molecular formula is C14H13NO2S. The fourth-order valence-electron chi connectivity index (χ4n) is 1.70. The van der Waals surface area contributed by atoms with Crippen molar-refractivity contribution in [1.29, 1.82) is 0 Å². The average Bonchev–Trinajstić information content (AvgIpc) is 2.65. The van der Waals surface area contributed by atoms with Crippen LogP contribution >= 0.6 is 11.3 Å². The van der Waals surface area contributed by atoms with Crippen LogP contribution in [0.4, 0.5) is 0 Å². The molecule has 0 radical (unpaired) electrons. The zero-order chi connectivity index (χ0) is 13.1. The zero-order valence-electron chi connectivity index (χ0n) is 10.2. The molecule has 0 saturated carbocycles. The van der Waals surface area contributed by atoms with E-state index in [1.54, 1.807) is 18.2 Å². The lowest BCUT2D eigenvalue weighted by Crippen LogP contribution is -1.99. The fourth-order valence-corrected chi connectivity index (χ4v) is 2.57. The Morgan fingerprint density at radius 1 is 1.28 bits per heavy atom. The number of hydrogen-bond donors (Lipinski definition) is 1. The highest BCUT2D eigenvalue weighted by Gasteiger charge is 2.12. The van der Waals surface area contributed by atoms with Crippen LogP contribution in [-0.2, 0) is 4.79 Å². The largest absolute Gasteiger partial charge is 0.478 e. The number of aryl methyl sites for hydroxylation is 2. The van der Waals surface area contributed by atoms with Crippen LogP contribution in [0.2, 0.25) is 0 Å². The lowest BCUT2D eigenvalue weighted by atomic mass is 10.1. The third-order valence-corrected chi connectivity index (χ3v) is 3.55. The maximum Gasteiger partial charge on any atom is 0.336 e. The van der Waals surface area contributed by atoms with Gasteiger partial charge in [-0.3, -0.25) is 0 Å². The Kier molecular flexibility index (Phi) is 3.58. The molecule has 0 fully saturated rings. The van der Waals surface area contributed by atoms with Gasteiger partial charge in [0.25, 0.3) is 0 Å². The van der Waals surface area contributed by atoms with E-state index in [-0.39, 0.29) is 0 Å². The van der Waals surface area contributed by atoms with E-state index < -0.39 is 5.97 Å². The molecule has 1 aromatic carbocycles. The number of aliphatic carboxylic acids is 1. The lowest BCUT2D eigenvalue weighted by molar-refractivity contribution is -0.130. The highest BCUT2D eigenvalue weighted by atomic mass is 32.1. The summed E-state index contributed by atoms with van der Waals surface area (Å²) >= 11 is 1.50. The number of hydrogen-bond acceptors (Lipinski definition) is 3. The molecule has 1 heterocycles. The Bertz CT molecular complexity index is 600. The van der Waals surface area contributed by atoms with Crippen LogP contribution in [-0.4, -0.2) is 16.1 Å². The first kappa shape index (κ1) is 12.5. The fraction of sp³-hybridized carbons (Fsp3) is 0.143. The molecule has 1 aromatic heterocycles. The molecule has 3 nitrogen and oxygen atoms in total. The molecule has 1 N–H and O–H groups in total. The SMILES string of the molecule is Cc1nc(C)c(C=C(C(=O)O)c2ccccc2)s1. The predicted octanol–water partition coefficient (Wildman–Crippen LogP) is 3.39. The molecule has 0 aliphatic rings. The van der Waals surface area contributed by atoms with Gasteiger partial charge < -0.3 is 5.11 Å². The van der Waals surface area contributed by atoms with E-state index in [1.165, 1.54) is 11.3 Å². The van der Waals surface area contributed by atoms with Gasteiger partial charge in [0, 0.05) is 0 Å². The minimum absolute atomic E-state index is 0.294. The van der Waals surface area contributed by atoms with Crippen molar-refractivity contribution in [2.24, 2.45) is 0 Å². The van der Waals surface area contributed by atoms with Crippen molar-refractivity contribution in [2.75, 3.05) is 0 Å². The summed E-state index contributed by atoms with van der Waals surface area (Å²) in [6.45, 7) is 3.80. The predicted molar refractivity (Wildman–Crippen MR) is 73.5 cm³/mol. The lowest BCUT2D eigenvalue weighted by Gasteiger charge is -2.01. The molecule has 2 rings (SSSR count). The van der Waals surface area contributed by atoms with Gasteiger partial charge in [-0.15, -0.1) is 11.3 Å². The topological polar surface area (TPSA) is 50.2 Å². The highest BCUT2D eigenvalue weighted by Crippen LogP contribution is 2.24. The van der Waals surface area contributed by atoms with E-state index in [4.69, 9.17) is 0 Å². The molecule has 0 aliphatic heterocycles. The maximum atomic E-state index is 11.3. The van der Waals surface area contributed by atoms with Crippen LogP contribution < -0.4 is 0 Å². The van der Waals surface area contributed by atoms with E-state index >= 15 is 0 Å². The third kappa shape index (κ3) is 2.65. The first-order valence-electron chi connectivity index (χ1n) is 5.52. The molecule has 0 bridgehead atoms. The zero-order valence-corrected chi connectivity index (χ0v) is 11.0. The van der Waals surface area contributed by atoms with E-state index in [0.717, 1.165) is 15.6 Å². The first-order chi connectivity index (χ1) is 8.58. The smallest absolute Gasteiger partial charge is 0.336 e. The van der Waals surface area contributed by atoms with Crippen molar-refractivity contribution in [3.8, 4) is 0 Å². The second-order valence-corrected chi connectivity index (χ2v) is 5.15. The van der Waals surface area contributed by atoms with Crippen molar-refractivity contribution in [3.05, 3.63) is 51.5 Å². The molecular weight excluding hydrogens is 246 g/mol. The second kappa shape index (κ2) is 5.14. The van der Waals surface area contributed by atoms with Crippen molar-refractivity contribution in [3.63, 3.8) is 0 Å². The molecule has 18 heavy (non-hydrogen) atoms. The summed E-state index contributed by atoms with van der Waals surface area (Å²) < 4.78 is 0. The maximum absolute atomic E-state index is 11.3. The number of carboxylic acid groups (broad SMARTS) is 1. The molecule has 0 atom stereocenters. The van der Waals surface area contributed by atoms with Crippen LogP contribution in [0.15, 0.2) is 30.3 Å². The summed E-state index contributed by atoms with van der Waals surface area (Å²) in [5.74, 6) is -0.924. The molecule has 0 spiro atoms. The first-order valence-corrected chi connectivity index (χ1v) is 6.34. The summed E-state index contributed by atoms with van der Waals surface area (Å²) in [6.07, 6.45) is 1.69. The number of thiazole rings is 1. The second-order valence-electron chi connectivity index (χ2n) is 3.91. The quantitative estimate of drug-likeness (QED) is 0.860. The van der Waals surface area contributed by atoms with Gasteiger partial charge in [-0.05, 0) is 25.5 Å². The van der Waals surface area contributed by atoms with Crippen LogP contribution in [0.3, 0.4) is 0 Å². The summed E-state index contributed by atoms with van der Waals surface area (Å²) in [7, 11) is 0. The van der Waals surface area contributed by atoms with Crippen LogP contribution in [0.5, 0.6) is 0 Å². The van der Waals surface area contributed by atoms with Crippen molar-refractivity contribution in [1.82, 2.24) is 4.98 Å². The standard InChI is InChI=1S/C14H13NO2S/c1-9-13(18-10(2)15-9)8-12(14(16)17)11-6-4-3-5-7-11/h3-8H,1-2H3,(H,16,17). The number of rotatable bonds is 3. The van der Waals surface area contributed by atoms with Crippen molar-refractivity contribution >= 4 is 29.0 Å². The molecule has 0 unspecified atom stereocenters. The van der Waals surface area contributed by atoms with Gasteiger partial charge in [0.1, 0.15) is 0 Å². The summed E-state index contributed by atoms with van der Waals surface area (Å²) in [5, 5.41) is 10.2. The van der Waals surface area contributed by atoms with Gasteiger partial charge in [0.2, 0.25) is 0 Å². The number of carbonyl (C=O) groups is 1. The Labute approximate surface area is 109 Å². The van der Waals surface area contributed by atoms with E-state index in [2.05, 4.69) is 4.98 Å². The normalized spacial score (nSPS) is 11.6. The van der Waals surface area contributed by atoms with Gasteiger partial charge in [0.15, 0.2) is 0 Å². The molecule has 92 valence electrons. The van der Waals surface area contributed by atoms with Gasteiger partial charge in [-0.2, -0.15) is 0 Å². The summed E-state index contributed by atoms with van der Waals surface area (Å²) in [6, 6.07) is 9.12.